The van der Waals surface area contributed by atoms with Crippen LogP contribution in [-0.4, -0.2) is 12.0 Å². The highest BCUT2D eigenvalue weighted by molar-refractivity contribution is 5.90. The van der Waals surface area contributed by atoms with E-state index in [0.717, 1.165) is 5.56 Å². The fourth-order valence-corrected chi connectivity index (χ4v) is 2.91. The van der Waals surface area contributed by atoms with Crippen molar-refractivity contribution in [1.82, 2.24) is 0 Å². The highest BCUT2D eigenvalue weighted by atomic mass is 16.6. The van der Waals surface area contributed by atoms with Crippen LogP contribution in [0.3, 0.4) is 0 Å². The number of non-ortho nitro benzene ring substituents is 1. The van der Waals surface area contributed by atoms with E-state index in [4.69, 9.17) is 9.47 Å². The smallest absolute Gasteiger partial charge is 0.269 e. The Hall–Kier alpha value is -4.62. The standard InChI is InChI=1S/C24H17N3O4/c1-30-24-13-17(12-21(15-26)18-7-9-22(10-8-18)27(28)29)6-11-23(24)31-16-20-5-3-2-4-19(20)14-25/h2-13H,16H2,1H3/b21-12-. The van der Waals surface area contributed by atoms with Gasteiger partial charge in [-0.25, -0.2) is 0 Å². The van der Waals surface area contributed by atoms with Crippen LogP contribution in [-0.2, 0) is 6.61 Å². The molecule has 152 valence electrons. The minimum absolute atomic E-state index is 0.0396. The van der Waals surface area contributed by atoms with Crippen molar-refractivity contribution in [1.29, 1.82) is 10.5 Å². The minimum atomic E-state index is -0.488. The van der Waals surface area contributed by atoms with Gasteiger partial charge in [0.1, 0.15) is 6.61 Å². The van der Waals surface area contributed by atoms with Crippen LogP contribution in [0.2, 0.25) is 0 Å². The molecule has 0 atom stereocenters. The molecule has 3 aromatic rings. The van der Waals surface area contributed by atoms with E-state index < -0.39 is 4.92 Å². The Morgan fingerprint density at radius 2 is 1.81 bits per heavy atom. The number of benzene rings is 3. The first-order valence-electron chi connectivity index (χ1n) is 9.21. The maximum atomic E-state index is 10.8. The molecule has 0 radical (unpaired) electrons. The first kappa shape index (κ1) is 21.1. The van der Waals surface area contributed by atoms with Gasteiger partial charge in [-0.1, -0.05) is 24.3 Å². The number of hydrogen-bond donors (Lipinski definition) is 0. The lowest BCUT2D eigenvalue weighted by Crippen LogP contribution is -2.00. The van der Waals surface area contributed by atoms with Crippen molar-refractivity contribution in [2.45, 2.75) is 6.61 Å². The molecule has 0 bridgehead atoms. The molecule has 3 aromatic carbocycles. The molecule has 0 aliphatic carbocycles. The summed E-state index contributed by atoms with van der Waals surface area (Å²) < 4.78 is 11.3. The first-order valence-corrected chi connectivity index (χ1v) is 9.21. The Bertz CT molecular complexity index is 1220. The monoisotopic (exact) mass is 411 g/mol. The highest BCUT2D eigenvalue weighted by Crippen LogP contribution is 2.31. The largest absolute Gasteiger partial charge is 0.493 e. The van der Waals surface area contributed by atoms with Crippen molar-refractivity contribution in [3.05, 3.63) is 99.1 Å². The topological polar surface area (TPSA) is 109 Å². The number of methoxy groups -OCH3 is 1. The molecule has 0 spiro atoms. The fraction of sp³-hybridized carbons (Fsp3) is 0.0833. The van der Waals surface area contributed by atoms with Crippen LogP contribution in [0.5, 0.6) is 11.5 Å². The molecule has 7 heteroatoms. The summed E-state index contributed by atoms with van der Waals surface area (Å²) in [7, 11) is 1.51. The molecule has 0 saturated heterocycles. The molecule has 3 rings (SSSR count). The molecule has 0 N–H and O–H groups in total. The molecule has 0 aliphatic heterocycles. The van der Waals surface area contributed by atoms with E-state index >= 15 is 0 Å². The van der Waals surface area contributed by atoms with Gasteiger partial charge in [-0.3, -0.25) is 10.1 Å². The second kappa shape index (κ2) is 9.73. The van der Waals surface area contributed by atoms with Gasteiger partial charge in [-0.05, 0) is 47.5 Å². The van der Waals surface area contributed by atoms with E-state index in [1.54, 1.807) is 36.4 Å². The van der Waals surface area contributed by atoms with Crippen molar-refractivity contribution in [3.8, 4) is 23.6 Å². The Morgan fingerprint density at radius 3 is 2.45 bits per heavy atom. The van der Waals surface area contributed by atoms with Gasteiger partial charge < -0.3 is 9.47 Å². The first-order chi connectivity index (χ1) is 15.0. The number of nitrogens with zero attached hydrogens (tertiary/aromatic N) is 3. The zero-order valence-electron chi connectivity index (χ0n) is 16.6. The molecule has 0 unspecified atom stereocenters. The number of hydrogen-bond acceptors (Lipinski definition) is 6. The van der Waals surface area contributed by atoms with Crippen LogP contribution in [0.25, 0.3) is 11.6 Å². The van der Waals surface area contributed by atoms with E-state index in [-0.39, 0.29) is 12.3 Å². The highest BCUT2D eigenvalue weighted by Gasteiger charge is 2.10. The van der Waals surface area contributed by atoms with Gasteiger partial charge in [0, 0.05) is 17.7 Å². The third kappa shape index (κ3) is 5.06. The van der Waals surface area contributed by atoms with Crippen LogP contribution in [0, 0.1) is 32.8 Å². The fourth-order valence-electron chi connectivity index (χ4n) is 2.91. The molecule has 7 nitrogen and oxygen atoms in total. The summed E-state index contributed by atoms with van der Waals surface area (Å²) in [5.41, 5.74) is 2.90. The number of ether oxygens (including phenoxy) is 2. The molecule has 0 aliphatic rings. The van der Waals surface area contributed by atoms with Crippen molar-refractivity contribution >= 4 is 17.3 Å². The van der Waals surface area contributed by atoms with Gasteiger partial charge in [-0.15, -0.1) is 0 Å². The lowest BCUT2D eigenvalue weighted by Gasteiger charge is -2.12. The van der Waals surface area contributed by atoms with Crippen LogP contribution in [0.4, 0.5) is 5.69 Å². The van der Waals surface area contributed by atoms with Crippen molar-refractivity contribution in [3.63, 3.8) is 0 Å². The maximum Gasteiger partial charge on any atom is 0.269 e. The predicted molar refractivity (Wildman–Crippen MR) is 115 cm³/mol. The average molecular weight is 411 g/mol. The van der Waals surface area contributed by atoms with Gasteiger partial charge in [0.2, 0.25) is 0 Å². The van der Waals surface area contributed by atoms with Gasteiger partial charge >= 0.3 is 0 Å². The Kier molecular flexibility index (Phi) is 6.62. The predicted octanol–water partition coefficient (Wildman–Crippen LogP) is 5.12. The normalized spacial score (nSPS) is 10.6. The van der Waals surface area contributed by atoms with Crippen molar-refractivity contribution in [2.75, 3.05) is 7.11 Å². The van der Waals surface area contributed by atoms with Crippen LogP contribution >= 0.6 is 0 Å². The van der Waals surface area contributed by atoms with Crippen LogP contribution < -0.4 is 9.47 Å². The maximum absolute atomic E-state index is 10.8. The summed E-state index contributed by atoms with van der Waals surface area (Å²) in [6.07, 6.45) is 1.67. The van der Waals surface area contributed by atoms with Gasteiger partial charge in [0.15, 0.2) is 11.5 Å². The molecule has 0 heterocycles. The summed E-state index contributed by atoms with van der Waals surface area (Å²) in [5, 5.41) is 29.5. The average Bonchev–Trinajstić information content (AvgIpc) is 2.81. The molecule has 0 aromatic heterocycles. The second-order valence-corrected chi connectivity index (χ2v) is 6.44. The molecule has 0 saturated carbocycles. The number of nitriles is 2. The molecule has 31 heavy (non-hydrogen) atoms. The van der Waals surface area contributed by atoms with E-state index in [1.807, 2.05) is 12.1 Å². The Balaban J connectivity index is 1.83. The summed E-state index contributed by atoms with van der Waals surface area (Å²) in [6.45, 7) is 0.210. The summed E-state index contributed by atoms with van der Waals surface area (Å²) in [4.78, 5) is 10.3. The van der Waals surface area contributed by atoms with Crippen LogP contribution in [0.1, 0.15) is 22.3 Å². The zero-order valence-corrected chi connectivity index (χ0v) is 16.6. The van der Waals surface area contributed by atoms with E-state index in [1.165, 1.54) is 31.4 Å². The summed E-state index contributed by atoms with van der Waals surface area (Å²) in [6, 6.07) is 22.5. The van der Waals surface area contributed by atoms with Gasteiger partial charge in [0.25, 0.3) is 5.69 Å². The SMILES string of the molecule is COc1cc(/C=C(/C#N)c2ccc([N+](=O)[O-])cc2)ccc1OCc1ccccc1C#N. The summed E-state index contributed by atoms with van der Waals surface area (Å²) in [5.74, 6) is 0.977. The quantitative estimate of drug-likeness (QED) is 0.231. The molecular weight excluding hydrogens is 394 g/mol. The lowest BCUT2D eigenvalue weighted by molar-refractivity contribution is -0.384. The molecular formula is C24H17N3O4. The van der Waals surface area contributed by atoms with Crippen molar-refractivity contribution in [2.24, 2.45) is 0 Å². The van der Waals surface area contributed by atoms with Gasteiger partial charge in [0.05, 0.1) is 35.3 Å². The van der Waals surface area contributed by atoms with Crippen LogP contribution in [0.15, 0.2) is 66.7 Å². The Morgan fingerprint density at radius 1 is 1.06 bits per heavy atom. The molecule has 0 fully saturated rings. The second-order valence-electron chi connectivity index (χ2n) is 6.44. The number of nitro groups is 1. The number of nitro benzene ring substituents is 1. The van der Waals surface area contributed by atoms with E-state index in [9.17, 15) is 20.6 Å². The number of rotatable bonds is 7. The van der Waals surface area contributed by atoms with E-state index in [0.29, 0.717) is 33.8 Å². The third-order valence-corrected chi connectivity index (χ3v) is 4.53. The minimum Gasteiger partial charge on any atom is -0.493 e. The van der Waals surface area contributed by atoms with Gasteiger partial charge in [-0.2, -0.15) is 10.5 Å². The summed E-state index contributed by atoms with van der Waals surface area (Å²) >= 11 is 0. The molecule has 0 amide bonds. The third-order valence-electron chi connectivity index (χ3n) is 4.53. The number of allylic oxidation sites excluding steroid dienone is 1. The lowest BCUT2D eigenvalue weighted by atomic mass is 10.0. The van der Waals surface area contributed by atoms with Crippen molar-refractivity contribution < 1.29 is 14.4 Å². The Labute approximate surface area is 179 Å². The van der Waals surface area contributed by atoms with E-state index in [2.05, 4.69) is 12.1 Å². The zero-order chi connectivity index (χ0) is 22.2.